The molecule has 2 rings (SSSR count). The van der Waals surface area contributed by atoms with E-state index < -0.39 is 10.0 Å². The van der Waals surface area contributed by atoms with E-state index in [2.05, 4.69) is 19.4 Å². The van der Waals surface area contributed by atoms with Crippen LogP contribution in [0.25, 0.3) is 0 Å². The molecule has 1 unspecified atom stereocenters. The summed E-state index contributed by atoms with van der Waals surface area (Å²) in [5.41, 5.74) is 0.471. The van der Waals surface area contributed by atoms with Crippen molar-refractivity contribution in [3.05, 3.63) is 34.6 Å². The number of anilines is 1. The summed E-state index contributed by atoms with van der Waals surface area (Å²) in [7, 11) is -3.81. The van der Waals surface area contributed by atoms with Gasteiger partial charge in [-0.3, -0.25) is 9.52 Å². The van der Waals surface area contributed by atoms with E-state index in [1.807, 2.05) is 13.8 Å². The minimum Gasteiger partial charge on any atom is -0.355 e. The Morgan fingerprint density at radius 1 is 1.38 bits per heavy atom. The molecule has 1 heterocycles. The Morgan fingerprint density at radius 2 is 2.12 bits per heavy atom. The number of carbonyl (C=O) groups is 1. The first-order valence-corrected chi connectivity index (χ1v) is 10.8. The number of aromatic nitrogens is 2. The predicted molar refractivity (Wildman–Crippen MR) is 103 cm³/mol. The number of benzene rings is 1. The van der Waals surface area contributed by atoms with Gasteiger partial charge in [-0.15, -0.1) is 0 Å². The monoisotopic (exact) mass is 416 g/mol. The first-order chi connectivity index (χ1) is 12.2. The highest BCUT2D eigenvalue weighted by molar-refractivity contribution is 7.93. The SMILES string of the molecule is CCCC(=O)NCC(C)c1nsc(NS(=O)(=O)c2cccc(Cl)c2C)n1. The molecule has 2 N–H and O–H groups in total. The third kappa shape index (κ3) is 5.15. The van der Waals surface area contributed by atoms with Crippen molar-refractivity contribution in [3.63, 3.8) is 0 Å². The number of amides is 1. The van der Waals surface area contributed by atoms with Crippen molar-refractivity contribution in [2.75, 3.05) is 11.3 Å². The summed E-state index contributed by atoms with van der Waals surface area (Å²) in [5.74, 6) is 0.331. The Morgan fingerprint density at radius 3 is 2.81 bits per heavy atom. The van der Waals surface area contributed by atoms with Gasteiger partial charge in [-0.25, -0.2) is 13.4 Å². The third-order valence-corrected chi connectivity index (χ3v) is 6.36. The van der Waals surface area contributed by atoms with Crippen LogP contribution in [0.4, 0.5) is 5.13 Å². The molecule has 1 aromatic carbocycles. The van der Waals surface area contributed by atoms with Crippen LogP contribution in [0.3, 0.4) is 0 Å². The van der Waals surface area contributed by atoms with E-state index in [4.69, 9.17) is 11.6 Å². The van der Waals surface area contributed by atoms with Gasteiger partial charge in [0.25, 0.3) is 10.0 Å². The van der Waals surface area contributed by atoms with Crippen molar-refractivity contribution >= 4 is 44.2 Å². The molecule has 0 spiro atoms. The molecule has 1 amide bonds. The molecule has 0 aliphatic rings. The van der Waals surface area contributed by atoms with Crippen molar-refractivity contribution in [2.45, 2.75) is 44.4 Å². The fourth-order valence-electron chi connectivity index (χ4n) is 2.20. The average molecular weight is 417 g/mol. The first kappa shape index (κ1) is 20.6. The van der Waals surface area contributed by atoms with Crippen LogP contribution in [0.1, 0.15) is 44.0 Å². The van der Waals surface area contributed by atoms with E-state index in [0.717, 1.165) is 18.0 Å². The summed E-state index contributed by atoms with van der Waals surface area (Å²) in [4.78, 5) is 15.9. The Hall–Kier alpha value is -1.71. The molecule has 26 heavy (non-hydrogen) atoms. The summed E-state index contributed by atoms with van der Waals surface area (Å²) in [6.45, 7) is 5.84. The second-order valence-corrected chi connectivity index (χ2v) is 8.69. The Balaban J connectivity index is 2.07. The van der Waals surface area contributed by atoms with Crippen molar-refractivity contribution in [1.82, 2.24) is 14.7 Å². The molecule has 0 aliphatic heterocycles. The second kappa shape index (κ2) is 8.79. The van der Waals surface area contributed by atoms with Crippen LogP contribution in [0, 0.1) is 6.92 Å². The number of nitrogens with one attached hydrogen (secondary N) is 2. The number of hydrogen-bond donors (Lipinski definition) is 2. The van der Waals surface area contributed by atoms with E-state index in [1.54, 1.807) is 19.1 Å². The van der Waals surface area contributed by atoms with E-state index in [9.17, 15) is 13.2 Å². The second-order valence-electron chi connectivity index (χ2n) is 5.88. The average Bonchev–Trinajstić information content (AvgIpc) is 3.03. The summed E-state index contributed by atoms with van der Waals surface area (Å²) in [6.07, 6.45) is 1.26. The number of nitrogens with zero attached hydrogens (tertiary/aromatic N) is 2. The summed E-state index contributed by atoms with van der Waals surface area (Å²) < 4.78 is 31.7. The Kier molecular flexibility index (Phi) is 6.96. The van der Waals surface area contributed by atoms with Crippen LogP contribution in [0.15, 0.2) is 23.1 Å². The van der Waals surface area contributed by atoms with E-state index >= 15 is 0 Å². The minimum absolute atomic E-state index is 0.0214. The van der Waals surface area contributed by atoms with Gasteiger partial charge in [-0.1, -0.05) is 31.5 Å². The lowest BCUT2D eigenvalue weighted by Gasteiger charge is -2.10. The van der Waals surface area contributed by atoms with Gasteiger partial charge >= 0.3 is 0 Å². The smallest absolute Gasteiger partial charge is 0.264 e. The highest BCUT2D eigenvalue weighted by Gasteiger charge is 2.21. The highest BCUT2D eigenvalue weighted by Crippen LogP contribution is 2.26. The van der Waals surface area contributed by atoms with Gasteiger partial charge < -0.3 is 5.32 Å². The Bertz CT molecular complexity index is 883. The van der Waals surface area contributed by atoms with Crippen LogP contribution >= 0.6 is 23.1 Å². The topological polar surface area (TPSA) is 101 Å². The number of sulfonamides is 1. The fraction of sp³-hybridized carbons (Fsp3) is 0.438. The maximum absolute atomic E-state index is 12.6. The van der Waals surface area contributed by atoms with E-state index in [1.165, 1.54) is 6.07 Å². The molecule has 0 aliphatic carbocycles. The lowest BCUT2D eigenvalue weighted by atomic mass is 10.1. The molecular formula is C16H21ClN4O3S2. The zero-order valence-electron chi connectivity index (χ0n) is 14.7. The molecule has 0 radical (unpaired) electrons. The quantitative estimate of drug-likeness (QED) is 0.687. The number of carbonyl (C=O) groups excluding carboxylic acids is 1. The zero-order valence-corrected chi connectivity index (χ0v) is 17.1. The van der Waals surface area contributed by atoms with Gasteiger partial charge in [0.05, 0.1) is 4.90 Å². The predicted octanol–water partition coefficient (Wildman–Crippen LogP) is 3.32. The van der Waals surface area contributed by atoms with Crippen LogP contribution in [0.5, 0.6) is 0 Å². The lowest BCUT2D eigenvalue weighted by Crippen LogP contribution is -2.27. The molecule has 0 saturated heterocycles. The van der Waals surface area contributed by atoms with Crippen LogP contribution in [-0.4, -0.2) is 30.2 Å². The highest BCUT2D eigenvalue weighted by atomic mass is 35.5. The summed E-state index contributed by atoms with van der Waals surface area (Å²) in [6, 6.07) is 4.70. The van der Waals surface area contributed by atoms with Crippen molar-refractivity contribution < 1.29 is 13.2 Å². The molecule has 0 bridgehead atoms. The van der Waals surface area contributed by atoms with Gasteiger partial charge in [0.15, 0.2) is 0 Å². The third-order valence-electron chi connectivity index (χ3n) is 3.69. The van der Waals surface area contributed by atoms with Gasteiger partial charge in [0.1, 0.15) is 5.82 Å². The van der Waals surface area contributed by atoms with Crippen molar-refractivity contribution in [3.8, 4) is 0 Å². The number of rotatable bonds is 8. The normalized spacial score (nSPS) is 12.6. The summed E-state index contributed by atoms with van der Waals surface area (Å²) in [5, 5.41) is 3.36. The molecule has 142 valence electrons. The lowest BCUT2D eigenvalue weighted by molar-refractivity contribution is -0.121. The molecule has 0 saturated carbocycles. The summed E-state index contributed by atoms with van der Waals surface area (Å²) >= 11 is 6.96. The minimum atomic E-state index is -3.81. The molecule has 0 fully saturated rings. The molecule has 1 aromatic heterocycles. The number of halogens is 1. The van der Waals surface area contributed by atoms with Crippen LogP contribution < -0.4 is 10.0 Å². The van der Waals surface area contributed by atoms with Gasteiger partial charge in [0, 0.05) is 35.4 Å². The van der Waals surface area contributed by atoms with Gasteiger partial charge in [0.2, 0.25) is 11.0 Å². The fourth-order valence-corrected chi connectivity index (χ4v) is 4.60. The van der Waals surface area contributed by atoms with Crippen molar-refractivity contribution in [1.29, 1.82) is 0 Å². The maximum atomic E-state index is 12.6. The molecule has 7 nitrogen and oxygen atoms in total. The standard InChI is InChI=1S/C16H21ClN4O3S2/c1-4-6-14(22)18-9-10(2)15-19-16(25-20-15)21-26(23,24)13-8-5-7-12(17)11(13)3/h5,7-8,10H,4,6,9H2,1-3H3,(H,18,22)(H,19,20,21). The van der Waals surface area contributed by atoms with Crippen molar-refractivity contribution in [2.24, 2.45) is 0 Å². The van der Waals surface area contributed by atoms with E-state index in [0.29, 0.717) is 29.4 Å². The van der Waals surface area contributed by atoms with Gasteiger partial charge in [-0.2, -0.15) is 4.37 Å². The molecule has 2 aromatic rings. The number of hydrogen-bond acceptors (Lipinski definition) is 6. The largest absolute Gasteiger partial charge is 0.355 e. The maximum Gasteiger partial charge on any atom is 0.264 e. The Labute approximate surface area is 162 Å². The van der Waals surface area contributed by atoms with Crippen LogP contribution in [-0.2, 0) is 14.8 Å². The molecule has 1 atom stereocenters. The van der Waals surface area contributed by atoms with Crippen LogP contribution in [0.2, 0.25) is 5.02 Å². The van der Waals surface area contributed by atoms with E-state index in [-0.39, 0.29) is 21.9 Å². The van der Waals surface area contributed by atoms with Gasteiger partial charge in [-0.05, 0) is 31.0 Å². The first-order valence-electron chi connectivity index (χ1n) is 8.12. The molecule has 10 heteroatoms. The molecular weight excluding hydrogens is 396 g/mol. The zero-order chi connectivity index (χ0) is 19.3.